The number of nitrogens with one attached hydrogen (secondary N) is 1. The molecule has 1 N–H and O–H groups in total. The third-order valence-electron chi connectivity index (χ3n) is 4.57. The number of hydrogen-bond acceptors (Lipinski definition) is 6. The first-order valence-corrected chi connectivity index (χ1v) is 9.85. The van der Waals surface area contributed by atoms with Gasteiger partial charge < -0.3 is 14.6 Å². The number of carbonyl (C=O) groups is 1. The highest BCUT2D eigenvalue weighted by Crippen LogP contribution is 2.30. The van der Waals surface area contributed by atoms with Crippen LogP contribution in [-0.4, -0.2) is 32.8 Å². The Bertz CT molecular complexity index is 856. The van der Waals surface area contributed by atoms with Crippen molar-refractivity contribution in [1.82, 2.24) is 20.4 Å². The minimum atomic E-state index is -0.861. The van der Waals surface area contributed by atoms with E-state index in [1.807, 2.05) is 6.07 Å². The van der Waals surface area contributed by atoms with Crippen LogP contribution in [0, 0.1) is 5.82 Å². The number of ether oxygens (including phenoxy) is 1. The Kier molecular flexibility index (Phi) is 5.93. The number of amides is 1. The summed E-state index contributed by atoms with van der Waals surface area (Å²) in [5, 5.41) is 6.81. The second kappa shape index (κ2) is 8.10. The number of halogens is 1. The fraction of sp³-hybridized carbons (Fsp3) is 0.571. The van der Waals surface area contributed by atoms with Crippen LogP contribution in [0.1, 0.15) is 64.7 Å². The predicted octanol–water partition coefficient (Wildman–Crippen LogP) is 4.13. The van der Waals surface area contributed by atoms with E-state index in [0.29, 0.717) is 36.4 Å². The summed E-state index contributed by atoms with van der Waals surface area (Å²) in [6.07, 6.45) is 1.59. The molecular weight excluding hydrogens is 375 g/mol. The Morgan fingerprint density at radius 2 is 1.93 bits per heavy atom. The van der Waals surface area contributed by atoms with Gasteiger partial charge in [0.15, 0.2) is 5.82 Å². The van der Waals surface area contributed by atoms with Gasteiger partial charge in [0, 0.05) is 18.2 Å². The second-order valence-electron chi connectivity index (χ2n) is 8.99. The van der Waals surface area contributed by atoms with Crippen LogP contribution >= 0.6 is 0 Å². The highest BCUT2D eigenvalue weighted by atomic mass is 19.1. The second-order valence-corrected chi connectivity index (χ2v) is 8.99. The summed E-state index contributed by atoms with van der Waals surface area (Å²) in [7, 11) is 0. The maximum absolute atomic E-state index is 14.0. The maximum Gasteiger partial charge on any atom is 0.408 e. The number of benzene rings is 1. The first kappa shape index (κ1) is 21.2. The number of alkyl carbamates (subject to hydrolysis) is 1. The van der Waals surface area contributed by atoms with E-state index in [2.05, 4.69) is 20.4 Å². The minimum absolute atomic E-state index is 0.216. The minimum Gasteiger partial charge on any atom is -0.444 e. The van der Waals surface area contributed by atoms with Crippen molar-refractivity contribution in [3.05, 3.63) is 47.4 Å². The lowest BCUT2D eigenvalue weighted by atomic mass is 10.1. The molecular formula is C21H29FN4O3. The van der Waals surface area contributed by atoms with E-state index in [9.17, 15) is 9.18 Å². The summed E-state index contributed by atoms with van der Waals surface area (Å²) in [5.74, 6) is 0.578. The zero-order chi connectivity index (χ0) is 21.2. The van der Waals surface area contributed by atoms with Gasteiger partial charge in [-0.25, -0.2) is 9.18 Å². The number of aromatic nitrogens is 2. The van der Waals surface area contributed by atoms with Crippen LogP contribution in [0.25, 0.3) is 0 Å². The molecule has 1 saturated carbocycles. The fourth-order valence-electron chi connectivity index (χ4n) is 2.96. The molecule has 0 bridgehead atoms. The van der Waals surface area contributed by atoms with Gasteiger partial charge in [-0.3, -0.25) is 4.90 Å². The van der Waals surface area contributed by atoms with Crippen LogP contribution in [0.5, 0.6) is 0 Å². The first-order valence-electron chi connectivity index (χ1n) is 9.85. The van der Waals surface area contributed by atoms with Gasteiger partial charge >= 0.3 is 6.09 Å². The van der Waals surface area contributed by atoms with Crippen molar-refractivity contribution < 1.29 is 18.4 Å². The summed E-state index contributed by atoms with van der Waals surface area (Å²) in [6.45, 7) is 9.87. The Balaban J connectivity index is 1.66. The average Bonchev–Trinajstić information content (AvgIpc) is 3.32. The molecule has 1 aromatic heterocycles. The smallest absolute Gasteiger partial charge is 0.408 e. The van der Waals surface area contributed by atoms with Gasteiger partial charge in [-0.2, -0.15) is 4.98 Å². The number of rotatable bonds is 7. The Hall–Kier alpha value is -2.48. The van der Waals surface area contributed by atoms with Crippen LogP contribution in [0.15, 0.2) is 28.8 Å². The van der Waals surface area contributed by atoms with E-state index in [-0.39, 0.29) is 5.82 Å². The lowest BCUT2D eigenvalue weighted by Crippen LogP contribution is -2.44. The van der Waals surface area contributed by atoms with Crippen molar-refractivity contribution in [3.8, 4) is 0 Å². The molecule has 1 aliphatic rings. The predicted molar refractivity (Wildman–Crippen MR) is 105 cm³/mol. The molecule has 3 rings (SSSR count). The molecule has 7 nitrogen and oxygen atoms in total. The standard InChI is InChI=1S/C21H29FN4O3/c1-20(2,3)28-19(27)24-21(4,5)18-23-17(29-25-18)13-26(15-10-11-15)12-14-8-6-7-9-16(14)22/h6-9,15H,10-13H2,1-5H3,(H,24,27). The van der Waals surface area contributed by atoms with Crippen molar-refractivity contribution in [2.45, 2.75) is 77.7 Å². The van der Waals surface area contributed by atoms with Crippen LogP contribution in [0.3, 0.4) is 0 Å². The molecule has 1 amide bonds. The molecule has 1 aromatic carbocycles. The monoisotopic (exact) mass is 404 g/mol. The fourth-order valence-corrected chi connectivity index (χ4v) is 2.96. The third-order valence-corrected chi connectivity index (χ3v) is 4.57. The quantitative estimate of drug-likeness (QED) is 0.747. The van der Waals surface area contributed by atoms with E-state index < -0.39 is 17.2 Å². The molecule has 1 heterocycles. The molecule has 2 aromatic rings. The lowest BCUT2D eigenvalue weighted by molar-refractivity contribution is 0.0465. The number of hydrogen-bond donors (Lipinski definition) is 1. The molecule has 0 unspecified atom stereocenters. The molecule has 1 fully saturated rings. The van der Waals surface area contributed by atoms with Gasteiger partial charge in [0.2, 0.25) is 5.89 Å². The van der Waals surface area contributed by atoms with Gasteiger partial charge in [0.1, 0.15) is 17.0 Å². The molecule has 8 heteroatoms. The van der Waals surface area contributed by atoms with Crippen molar-refractivity contribution >= 4 is 6.09 Å². The lowest BCUT2D eigenvalue weighted by Gasteiger charge is -2.26. The average molecular weight is 404 g/mol. The Morgan fingerprint density at radius 1 is 1.24 bits per heavy atom. The summed E-state index contributed by atoms with van der Waals surface area (Å²) in [6, 6.07) is 7.16. The van der Waals surface area contributed by atoms with Crippen LogP contribution in [0.2, 0.25) is 0 Å². The summed E-state index contributed by atoms with van der Waals surface area (Å²) in [5.41, 5.74) is -0.814. The molecule has 0 spiro atoms. The van der Waals surface area contributed by atoms with Crippen molar-refractivity contribution in [2.24, 2.45) is 0 Å². The van der Waals surface area contributed by atoms with Crippen LogP contribution in [0.4, 0.5) is 9.18 Å². The van der Waals surface area contributed by atoms with Crippen molar-refractivity contribution in [2.75, 3.05) is 0 Å². The zero-order valence-corrected chi connectivity index (χ0v) is 17.7. The maximum atomic E-state index is 14.0. The molecule has 158 valence electrons. The first-order chi connectivity index (χ1) is 13.5. The molecule has 0 atom stereocenters. The van der Waals surface area contributed by atoms with E-state index in [0.717, 1.165) is 12.8 Å². The summed E-state index contributed by atoms with van der Waals surface area (Å²) < 4.78 is 24.8. The molecule has 0 radical (unpaired) electrons. The van der Waals surface area contributed by atoms with E-state index >= 15 is 0 Å². The Labute approximate surface area is 170 Å². The molecule has 0 saturated heterocycles. The summed E-state index contributed by atoms with van der Waals surface area (Å²) >= 11 is 0. The number of carbonyl (C=O) groups excluding carboxylic acids is 1. The van der Waals surface area contributed by atoms with Gasteiger partial charge in [-0.15, -0.1) is 0 Å². The number of nitrogens with zero attached hydrogens (tertiary/aromatic N) is 3. The van der Waals surface area contributed by atoms with E-state index in [1.165, 1.54) is 6.07 Å². The van der Waals surface area contributed by atoms with Crippen LogP contribution < -0.4 is 5.32 Å². The van der Waals surface area contributed by atoms with E-state index in [1.54, 1.807) is 46.8 Å². The van der Waals surface area contributed by atoms with Crippen molar-refractivity contribution in [3.63, 3.8) is 0 Å². The summed E-state index contributed by atoms with van der Waals surface area (Å²) in [4.78, 5) is 18.7. The molecule has 1 aliphatic carbocycles. The van der Waals surface area contributed by atoms with E-state index in [4.69, 9.17) is 9.26 Å². The highest BCUT2D eigenvalue weighted by molar-refractivity contribution is 5.68. The third kappa shape index (κ3) is 6.00. The SMILES string of the molecule is CC(C)(C)OC(=O)NC(C)(C)c1noc(CN(Cc2ccccc2F)C2CC2)n1. The molecule has 29 heavy (non-hydrogen) atoms. The topological polar surface area (TPSA) is 80.5 Å². The van der Waals surface area contributed by atoms with Crippen LogP contribution in [-0.2, 0) is 23.4 Å². The molecule has 0 aliphatic heterocycles. The Morgan fingerprint density at radius 3 is 2.55 bits per heavy atom. The van der Waals surface area contributed by atoms with Gasteiger partial charge in [-0.1, -0.05) is 23.4 Å². The van der Waals surface area contributed by atoms with Gasteiger partial charge in [0.25, 0.3) is 0 Å². The van der Waals surface area contributed by atoms with Gasteiger partial charge in [0.05, 0.1) is 6.54 Å². The highest BCUT2D eigenvalue weighted by Gasteiger charge is 2.33. The van der Waals surface area contributed by atoms with Gasteiger partial charge in [-0.05, 0) is 53.5 Å². The largest absolute Gasteiger partial charge is 0.444 e. The van der Waals surface area contributed by atoms with Crippen molar-refractivity contribution in [1.29, 1.82) is 0 Å². The normalized spacial score (nSPS) is 14.9. The zero-order valence-electron chi connectivity index (χ0n) is 17.7.